The van der Waals surface area contributed by atoms with Crippen LogP contribution in [-0.2, 0) is 11.3 Å². The smallest absolute Gasteiger partial charge is 0.275 e. The molecular weight excluding hydrogens is 390 g/mol. The minimum Gasteiger partial charge on any atom is -0.344 e. The summed E-state index contributed by atoms with van der Waals surface area (Å²) in [5.41, 5.74) is 1.67. The monoisotopic (exact) mass is 417 g/mol. The van der Waals surface area contributed by atoms with Gasteiger partial charge < -0.3 is 9.88 Å². The first kappa shape index (κ1) is 20.8. The maximum Gasteiger partial charge on any atom is 0.275 e. The van der Waals surface area contributed by atoms with E-state index in [1.807, 2.05) is 36.4 Å². The molecule has 31 heavy (non-hydrogen) atoms. The Labute approximate surface area is 180 Å². The lowest BCUT2D eigenvalue weighted by atomic mass is 10.0. The molecule has 160 valence electrons. The fourth-order valence-electron chi connectivity index (χ4n) is 3.95. The highest BCUT2D eigenvalue weighted by molar-refractivity contribution is 5.81. The van der Waals surface area contributed by atoms with E-state index in [-0.39, 0.29) is 36.0 Å². The highest BCUT2D eigenvalue weighted by atomic mass is 16.2. The third-order valence-corrected chi connectivity index (χ3v) is 5.46. The van der Waals surface area contributed by atoms with Crippen LogP contribution in [0.4, 0.5) is 0 Å². The highest BCUT2D eigenvalue weighted by Crippen LogP contribution is 2.28. The van der Waals surface area contributed by atoms with Gasteiger partial charge in [0.05, 0.1) is 28.7 Å². The Hall–Kier alpha value is -3.48. The van der Waals surface area contributed by atoms with Crippen molar-refractivity contribution in [1.82, 2.24) is 24.6 Å². The summed E-state index contributed by atoms with van der Waals surface area (Å²) >= 11 is 0. The third kappa shape index (κ3) is 3.95. The quantitative estimate of drug-likeness (QED) is 0.517. The zero-order valence-corrected chi connectivity index (χ0v) is 18.2. The van der Waals surface area contributed by atoms with Gasteiger partial charge >= 0.3 is 0 Å². The van der Waals surface area contributed by atoms with Crippen LogP contribution in [0.1, 0.15) is 45.6 Å². The Kier molecular flexibility index (Phi) is 5.59. The molecule has 0 aliphatic rings. The molecule has 0 unspecified atom stereocenters. The number of carbonyl (C=O) groups excluding carboxylic acids is 1. The number of amides is 1. The van der Waals surface area contributed by atoms with Gasteiger partial charge in [-0.15, -0.1) is 0 Å². The van der Waals surface area contributed by atoms with Crippen LogP contribution in [0.15, 0.2) is 59.5 Å². The van der Waals surface area contributed by atoms with Gasteiger partial charge in [0.2, 0.25) is 5.91 Å². The first-order valence-electron chi connectivity index (χ1n) is 10.6. The molecule has 0 bridgehead atoms. The van der Waals surface area contributed by atoms with Gasteiger partial charge in [-0.25, -0.2) is 9.67 Å². The van der Waals surface area contributed by atoms with E-state index < -0.39 is 0 Å². The van der Waals surface area contributed by atoms with Gasteiger partial charge in [0.25, 0.3) is 5.56 Å². The lowest BCUT2D eigenvalue weighted by molar-refractivity contribution is -0.123. The summed E-state index contributed by atoms with van der Waals surface area (Å²) in [6.45, 7) is 8.17. The molecule has 0 fully saturated rings. The molecule has 1 amide bonds. The summed E-state index contributed by atoms with van der Waals surface area (Å²) in [6.07, 6.45) is 1.61. The summed E-state index contributed by atoms with van der Waals surface area (Å²) < 4.78 is 3.38. The van der Waals surface area contributed by atoms with Gasteiger partial charge in [0.1, 0.15) is 12.4 Å². The summed E-state index contributed by atoms with van der Waals surface area (Å²) in [5.74, 6) is 0.656. The molecule has 0 aliphatic heterocycles. The number of aromatic nitrogens is 4. The van der Waals surface area contributed by atoms with Crippen LogP contribution in [0.2, 0.25) is 0 Å². The van der Waals surface area contributed by atoms with Crippen molar-refractivity contribution in [2.45, 2.75) is 46.3 Å². The molecule has 2 heterocycles. The Morgan fingerprint density at radius 2 is 1.74 bits per heavy atom. The highest BCUT2D eigenvalue weighted by Gasteiger charge is 2.26. The van der Waals surface area contributed by atoms with Crippen LogP contribution < -0.4 is 10.9 Å². The summed E-state index contributed by atoms with van der Waals surface area (Å²) in [7, 11) is 0. The Morgan fingerprint density at radius 1 is 1.03 bits per heavy atom. The lowest BCUT2D eigenvalue weighted by Crippen LogP contribution is -2.38. The second-order valence-corrected chi connectivity index (χ2v) is 8.41. The van der Waals surface area contributed by atoms with Crippen LogP contribution in [-0.4, -0.2) is 25.2 Å². The molecule has 4 aromatic rings. The van der Waals surface area contributed by atoms with E-state index >= 15 is 0 Å². The molecule has 0 radical (unpaired) electrons. The molecule has 7 nitrogen and oxygen atoms in total. The van der Waals surface area contributed by atoms with Crippen LogP contribution in [0.25, 0.3) is 21.8 Å². The van der Waals surface area contributed by atoms with Crippen molar-refractivity contribution in [3.63, 3.8) is 0 Å². The molecule has 1 N–H and O–H groups in total. The minimum atomic E-state index is -0.293. The van der Waals surface area contributed by atoms with Crippen molar-refractivity contribution >= 4 is 27.7 Å². The molecule has 2 aromatic heterocycles. The van der Waals surface area contributed by atoms with E-state index in [1.54, 1.807) is 18.3 Å². The van der Waals surface area contributed by atoms with Gasteiger partial charge in [-0.2, -0.15) is 5.10 Å². The molecule has 0 aliphatic carbocycles. The predicted molar refractivity (Wildman–Crippen MR) is 122 cm³/mol. The second kappa shape index (κ2) is 8.34. The second-order valence-electron chi connectivity index (χ2n) is 8.41. The fraction of sp³-hybridized carbons (Fsp3) is 0.333. The van der Waals surface area contributed by atoms with E-state index in [1.165, 1.54) is 4.68 Å². The Bertz CT molecular complexity index is 1300. The Morgan fingerprint density at radius 3 is 2.48 bits per heavy atom. The number of nitrogens with one attached hydrogen (secondary N) is 1. The average molecular weight is 418 g/mol. The van der Waals surface area contributed by atoms with Crippen molar-refractivity contribution in [2.24, 2.45) is 5.92 Å². The zero-order chi connectivity index (χ0) is 22.1. The number of imidazole rings is 1. The molecular formula is C24H27N5O2. The van der Waals surface area contributed by atoms with Gasteiger partial charge in [0.15, 0.2) is 0 Å². The largest absolute Gasteiger partial charge is 0.344 e. The number of benzene rings is 2. The van der Waals surface area contributed by atoms with Crippen LogP contribution >= 0.6 is 0 Å². The third-order valence-electron chi connectivity index (χ3n) is 5.46. The van der Waals surface area contributed by atoms with Crippen LogP contribution in [0.3, 0.4) is 0 Å². The summed E-state index contributed by atoms with van der Waals surface area (Å²) in [5, 5.41) is 8.57. The molecule has 4 rings (SSSR count). The van der Waals surface area contributed by atoms with Gasteiger partial charge in [0, 0.05) is 11.4 Å². The molecule has 0 saturated carbocycles. The fourth-order valence-corrected chi connectivity index (χ4v) is 3.95. The molecule has 7 heteroatoms. The topological polar surface area (TPSA) is 81.8 Å². The minimum absolute atomic E-state index is 0.111. The normalized spacial score (nSPS) is 12.7. The molecule has 0 saturated heterocycles. The SMILES string of the molecule is CC(C)[C@@H](NC(=O)Cn1ncc2ccccc2c1=O)c1nc2ccccc2n1C(C)C. The molecule has 0 spiro atoms. The van der Waals surface area contributed by atoms with E-state index in [9.17, 15) is 9.59 Å². The lowest BCUT2D eigenvalue weighted by Gasteiger charge is -2.25. The van der Waals surface area contributed by atoms with E-state index in [2.05, 4.69) is 42.7 Å². The van der Waals surface area contributed by atoms with E-state index in [0.717, 1.165) is 22.2 Å². The number of hydrogen-bond donors (Lipinski definition) is 1. The van der Waals surface area contributed by atoms with Crippen molar-refractivity contribution in [1.29, 1.82) is 0 Å². The number of para-hydroxylation sites is 2. The van der Waals surface area contributed by atoms with Crippen LogP contribution in [0.5, 0.6) is 0 Å². The standard InChI is InChI=1S/C24H27N5O2/c1-15(2)22(23-26-19-11-7-8-12-20(19)29(23)16(3)4)27-21(30)14-28-24(31)18-10-6-5-9-17(18)13-25-28/h5-13,15-16,22H,14H2,1-4H3,(H,27,30)/t22-/m1/s1. The predicted octanol–water partition coefficient (Wildman–Crippen LogP) is 3.84. The number of carbonyl (C=O) groups is 1. The van der Waals surface area contributed by atoms with E-state index in [4.69, 9.17) is 4.98 Å². The first-order valence-corrected chi connectivity index (χ1v) is 10.6. The maximum atomic E-state index is 12.9. The molecule has 2 aromatic carbocycles. The van der Waals surface area contributed by atoms with Crippen molar-refractivity contribution in [3.05, 3.63) is 70.9 Å². The number of hydrogen-bond acceptors (Lipinski definition) is 4. The maximum absolute atomic E-state index is 12.9. The van der Waals surface area contributed by atoms with E-state index in [0.29, 0.717) is 5.39 Å². The average Bonchev–Trinajstić information content (AvgIpc) is 3.13. The number of fused-ring (bicyclic) bond motifs is 2. The molecule has 1 atom stereocenters. The summed E-state index contributed by atoms with van der Waals surface area (Å²) in [6, 6.07) is 15.1. The summed E-state index contributed by atoms with van der Waals surface area (Å²) in [4.78, 5) is 30.5. The van der Waals surface area contributed by atoms with Gasteiger partial charge in [-0.1, -0.05) is 44.2 Å². The van der Waals surface area contributed by atoms with Crippen molar-refractivity contribution < 1.29 is 4.79 Å². The number of rotatable bonds is 6. The first-order chi connectivity index (χ1) is 14.9. The van der Waals surface area contributed by atoms with Crippen LogP contribution in [0, 0.1) is 5.92 Å². The van der Waals surface area contributed by atoms with Gasteiger partial charge in [-0.05, 0) is 38.0 Å². The zero-order valence-electron chi connectivity index (χ0n) is 18.2. The van der Waals surface area contributed by atoms with Crippen molar-refractivity contribution in [2.75, 3.05) is 0 Å². The Balaban J connectivity index is 1.65. The van der Waals surface area contributed by atoms with Gasteiger partial charge in [-0.3, -0.25) is 9.59 Å². The van der Waals surface area contributed by atoms with Crippen molar-refractivity contribution in [3.8, 4) is 0 Å². The number of nitrogens with zero attached hydrogens (tertiary/aromatic N) is 4.